The number of rotatable bonds is 2. The van der Waals surface area contributed by atoms with E-state index < -0.39 is 5.38 Å². The predicted molar refractivity (Wildman–Crippen MR) is 56.3 cm³/mol. The van der Waals surface area contributed by atoms with Crippen LogP contribution in [0, 0.1) is 0 Å². The molecule has 4 heteroatoms. The summed E-state index contributed by atoms with van der Waals surface area (Å²) in [7, 11) is 1.72. The highest BCUT2D eigenvalue weighted by Crippen LogP contribution is 2.23. The number of halogens is 1. The second kappa shape index (κ2) is 4.99. The molecule has 3 unspecified atom stereocenters. The first-order valence-electron chi connectivity index (χ1n) is 5.13. The summed E-state index contributed by atoms with van der Waals surface area (Å²) in [6.07, 6.45) is 3.42. The van der Waals surface area contributed by atoms with Gasteiger partial charge in [-0.1, -0.05) is 12.8 Å². The van der Waals surface area contributed by atoms with Crippen LogP contribution in [0.5, 0.6) is 0 Å². The molecule has 0 aliphatic heterocycles. The van der Waals surface area contributed by atoms with E-state index in [1.54, 1.807) is 18.9 Å². The second-order valence-corrected chi connectivity index (χ2v) is 4.64. The number of likely N-dealkylation sites (N-methyl/N-ethyl adjacent to an activating group) is 1. The summed E-state index contributed by atoms with van der Waals surface area (Å²) in [5.74, 6) is -0.0994. The maximum atomic E-state index is 11.6. The lowest BCUT2D eigenvalue weighted by Crippen LogP contribution is -2.48. The fraction of sp³-hybridized carbons (Fsp3) is 0.900. The van der Waals surface area contributed by atoms with Gasteiger partial charge in [0, 0.05) is 7.05 Å². The molecule has 0 heterocycles. The first-order valence-corrected chi connectivity index (χ1v) is 5.56. The number of alkyl halides is 1. The molecule has 1 fully saturated rings. The van der Waals surface area contributed by atoms with Crippen molar-refractivity contribution in [1.29, 1.82) is 0 Å². The highest BCUT2D eigenvalue weighted by atomic mass is 35.5. The van der Waals surface area contributed by atoms with E-state index >= 15 is 0 Å². The van der Waals surface area contributed by atoms with Crippen LogP contribution in [-0.4, -0.2) is 40.5 Å². The molecule has 82 valence electrons. The van der Waals surface area contributed by atoms with Crippen LogP contribution in [0.1, 0.15) is 32.6 Å². The van der Waals surface area contributed by atoms with Crippen LogP contribution in [0.25, 0.3) is 0 Å². The highest BCUT2D eigenvalue weighted by molar-refractivity contribution is 6.30. The highest BCUT2D eigenvalue weighted by Gasteiger charge is 2.30. The third-order valence-corrected chi connectivity index (χ3v) is 3.07. The van der Waals surface area contributed by atoms with Crippen LogP contribution in [-0.2, 0) is 4.79 Å². The fourth-order valence-corrected chi connectivity index (χ4v) is 2.14. The van der Waals surface area contributed by atoms with Crippen molar-refractivity contribution in [1.82, 2.24) is 4.90 Å². The Hall–Kier alpha value is -0.280. The van der Waals surface area contributed by atoms with Gasteiger partial charge in [-0.15, -0.1) is 11.6 Å². The van der Waals surface area contributed by atoms with Crippen molar-refractivity contribution in [2.75, 3.05) is 7.05 Å². The lowest BCUT2D eigenvalue weighted by Gasteiger charge is -2.35. The molecule has 3 atom stereocenters. The molecule has 0 aromatic carbocycles. The minimum Gasteiger partial charge on any atom is -0.391 e. The first-order chi connectivity index (χ1) is 6.54. The van der Waals surface area contributed by atoms with E-state index in [2.05, 4.69) is 0 Å². The number of amides is 1. The number of carbonyl (C=O) groups excluding carboxylic acids is 1. The minimum atomic E-state index is -0.505. The molecular weight excluding hydrogens is 202 g/mol. The third kappa shape index (κ3) is 2.61. The average molecular weight is 220 g/mol. The molecule has 0 aromatic rings. The van der Waals surface area contributed by atoms with Crippen LogP contribution in [0.2, 0.25) is 0 Å². The number of carbonyl (C=O) groups is 1. The van der Waals surface area contributed by atoms with Crippen molar-refractivity contribution in [3.8, 4) is 0 Å². The Morgan fingerprint density at radius 2 is 2.07 bits per heavy atom. The molecule has 1 saturated carbocycles. The molecule has 0 spiro atoms. The van der Waals surface area contributed by atoms with Crippen LogP contribution in [0.4, 0.5) is 0 Å². The Morgan fingerprint density at radius 3 is 2.57 bits per heavy atom. The standard InChI is InChI=1S/C10H18ClNO2/c1-7(11)10(14)12(2)8-5-3-4-6-9(8)13/h7-9,13H,3-6H2,1-2H3. The van der Waals surface area contributed by atoms with Crippen LogP contribution in [0.15, 0.2) is 0 Å². The maximum absolute atomic E-state index is 11.6. The van der Waals surface area contributed by atoms with Gasteiger partial charge >= 0.3 is 0 Å². The lowest BCUT2D eigenvalue weighted by molar-refractivity contribution is -0.134. The molecule has 1 N–H and O–H groups in total. The van der Waals surface area contributed by atoms with Gasteiger partial charge in [0.25, 0.3) is 0 Å². The third-order valence-electron chi connectivity index (χ3n) is 2.88. The van der Waals surface area contributed by atoms with Crippen molar-refractivity contribution in [2.24, 2.45) is 0 Å². The first kappa shape index (κ1) is 11.8. The van der Waals surface area contributed by atoms with E-state index in [0.717, 1.165) is 25.7 Å². The Kier molecular flexibility index (Phi) is 4.20. The van der Waals surface area contributed by atoms with Crippen LogP contribution < -0.4 is 0 Å². The molecule has 1 aliphatic carbocycles. The van der Waals surface area contributed by atoms with E-state index in [9.17, 15) is 9.90 Å². The molecule has 0 saturated heterocycles. The second-order valence-electron chi connectivity index (χ2n) is 3.98. The zero-order valence-corrected chi connectivity index (χ0v) is 9.50. The summed E-state index contributed by atoms with van der Waals surface area (Å²) in [6.45, 7) is 1.66. The summed E-state index contributed by atoms with van der Waals surface area (Å²) in [5, 5.41) is 9.23. The van der Waals surface area contributed by atoms with E-state index in [4.69, 9.17) is 11.6 Å². The molecular formula is C10H18ClNO2. The van der Waals surface area contributed by atoms with Gasteiger partial charge in [0.2, 0.25) is 5.91 Å². The summed E-state index contributed by atoms with van der Waals surface area (Å²) in [4.78, 5) is 13.2. The van der Waals surface area contributed by atoms with Gasteiger partial charge in [-0.05, 0) is 19.8 Å². The lowest BCUT2D eigenvalue weighted by atomic mass is 9.91. The average Bonchev–Trinajstić information content (AvgIpc) is 2.16. The quantitative estimate of drug-likeness (QED) is 0.713. The number of nitrogens with zero attached hydrogens (tertiary/aromatic N) is 1. The summed E-state index contributed by atoms with van der Waals surface area (Å²) in [6, 6.07) is -0.0440. The predicted octanol–water partition coefficient (Wildman–Crippen LogP) is 1.38. The molecule has 14 heavy (non-hydrogen) atoms. The Morgan fingerprint density at radius 1 is 1.50 bits per heavy atom. The van der Waals surface area contributed by atoms with Gasteiger partial charge in [0.15, 0.2) is 0 Å². The molecule has 0 bridgehead atoms. The number of hydrogen-bond donors (Lipinski definition) is 1. The molecule has 0 aromatic heterocycles. The van der Waals surface area contributed by atoms with Crippen molar-refractivity contribution >= 4 is 17.5 Å². The van der Waals surface area contributed by atoms with E-state index in [1.165, 1.54) is 0 Å². The largest absolute Gasteiger partial charge is 0.391 e. The number of aliphatic hydroxyl groups excluding tert-OH is 1. The van der Waals surface area contributed by atoms with Crippen molar-refractivity contribution in [3.63, 3.8) is 0 Å². The molecule has 1 amide bonds. The van der Waals surface area contributed by atoms with Crippen LogP contribution >= 0.6 is 11.6 Å². The van der Waals surface area contributed by atoms with E-state index in [0.29, 0.717) is 0 Å². The van der Waals surface area contributed by atoms with Gasteiger partial charge in [0.05, 0.1) is 12.1 Å². The van der Waals surface area contributed by atoms with E-state index in [1.807, 2.05) is 0 Å². The molecule has 1 rings (SSSR count). The Balaban J connectivity index is 2.57. The van der Waals surface area contributed by atoms with Gasteiger partial charge in [-0.3, -0.25) is 4.79 Å². The fourth-order valence-electron chi connectivity index (χ4n) is 1.99. The maximum Gasteiger partial charge on any atom is 0.240 e. The van der Waals surface area contributed by atoms with Gasteiger partial charge in [-0.25, -0.2) is 0 Å². The smallest absolute Gasteiger partial charge is 0.240 e. The number of aliphatic hydroxyl groups is 1. The zero-order chi connectivity index (χ0) is 10.7. The van der Waals surface area contributed by atoms with Gasteiger partial charge < -0.3 is 10.0 Å². The topological polar surface area (TPSA) is 40.5 Å². The molecule has 1 aliphatic rings. The van der Waals surface area contributed by atoms with Gasteiger partial charge in [-0.2, -0.15) is 0 Å². The monoisotopic (exact) mass is 219 g/mol. The molecule has 0 radical (unpaired) electrons. The van der Waals surface area contributed by atoms with Gasteiger partial charge in [0.1, 0.15) is 5.38 Å². The SMILES string of the molecule is CC(Cl)C(=O)N(C)C1CCCCC1O. The van der Waals surface area contributed by atoms with Crippen molar-refractivity contribution < 1.29 is 9.90 Å². The summed E-state index contributed by atoms with van der Waals surface area (Å²) >= 11 is 5.72. The zero-order valence-electron chi connectivity index (χ0n) is 8.74. The molecule has 3 nitrogen and oxygen atoms in total. The number of hydrogen-bond acceptors (Lipinski definition) is 2. The van der Waals surface area contributed by atoms with Crippen molar-refractivity contribution in [3.05, 3.63) is 0 Å². The Bertz CT molecular complexity index is 208. The summed E-state index contributed by atoms with van der Waals surface area (Å²) < 4.78 is 0. The Labute approximate surface area is 90.0 Å². The van der Waals surface area contributed by atoms with E-state index in [-0.39, 0.29) is 18.1 Å². The van der Waals surface area contributed by atoms with Crippen molar-refractivity contribution in [2.45, 2.75) is 50.1 Å². The summed E-state index contributed by atoms with van der Waals surface area (Å²) in [5.41, 5.74) is 0. The normalized spacial score (nSPS) is 29.7. The van der Waals surface area contributed by atoms with Crippen LogP contribution in [0.3, 0.4) is 0 Å². The minimum absolute atomic E-state index is 0.0440.